The van der Waals surface area contributed by atoms with Gasteiger partial charge in [0, 0.05) is 0 Å². The monoisotopic (exact) mass is 326 g/mol. The summed E-state index contributed by atoms with van der Waals surface area (Å²) in [4.78, 5) is 10.6. The molecule has 0 fully saturated rings. The van der Waals surface area contributed by atoms with Crippen molar-refractivity contribution in [3.8, 4) is 0 Å². The van der Waals surface area contributed by atoms with Gasteiger partial charge < -0.3 is 5.11 Å². The van der Waals surface area contributed by atoms with Crippen LogP contribution in [-0.2, 0) is 9.84 Å². The fraction of sp³-hybridized carbons (Fsp3) is 0.125. The summed E-state index contributed by atoms with van der Waals surface area (Å²) in [5, 5.41) is 8.76. The van der Waals surface area contributed by atoms with Crippen LogP contribution in [0.3, 0.4) is 0 Å². The fourth-order valence-electron chi connectivity index (χ4n) is 0.973. The molecular formula is C8H7IO4S. The van der Waals surface area contributed by atoms with Crippen LogP contribution in [0.5, 0.6) is 0 Å². The molecule has 0 aliphatic heterocycles. The Kier molecular flexibility index (Phi) is 3.48. The molecule has 0 saturated carbocycles. The van der Waals surface area contributed by atoms with Gasteiger partial charge in [-0.3, -0.25) is 0 Å². The molecule has 0 aliphatic carbocycles. The summed E-state index contributed by atoms with van der Waals surface area (Å²) < 4.78 is 22.8. The molecule has 76 valence electrons. The predicted molar refractivity (Wildman–Crippen MR) is 59.5 cm³/mol. The number of sulfone groups is 1. The van der Waals surface area contributed by atoms with E-state index in [1.54, 1.807) is 22.6 Å². The molecule has 1 N–H and O–H groups in total. The molecule has 1 aromatic rings. The molecule has 4 nitrogen and oxygen atoms in total. The highest BCUT2D eigenvalue weighted by Crippen LogP contribution is 2.18. The highest BCUT2D eigenvalue weighted by molar-refractivity contribution is 14.1. The average Bonchev–Trinajstić information content (AvgIpc) is 2.18. The maximum atomic E-state index is 11.5. The molecule has 1 rings (SSSR count). The Morgan fingerprint density at radius 3 is 2.43 bits per heavy atom. The van der Waals surface area contributed by atoms with Gasteiger partial charge >= 0.3 is 5.97 Å². The van der Waals surface area contributed by atoms with Crippen molar-refractivity contribution < 1.29 is 18.3 Å². The Morgan fingerprint density at radius 2 is 1.93 bits per heavy atom. The summed E-state index contributed by atoms with van der Waals surface area (Å²) in [6.07, 6.45) is 0. The van der Waals surface area contributed by atoms with Crippen LogP contribution in [0.25, 0.3) is 0 Å². The predicted octanol–water partition coefficient (Wildman–Crippen LogP) is 1.55. The van der Waals surface area contributed by atoms with Crippen molar-refractivity contribution in [3.05, 3.63) is 29.8 Å². The zero-order valence-electron chi connectivity index (χ0n) is 6.97. The molecule has 0 bridgehead atoms. The van der Waals surface area contributed by atoms with Gasteiger partial charge in [-0.05, 0) is 12.1 Å². The molecule has 6 heteroatoms. The summed E-state index contributed by atoms with van der Waals surface area (Å²) in [6.45, 7) is 0. The summed E-state index contributed by atoms with van der Waals surface area (Å²) in [6, 6.07) is 5.58. The van der Waals surface area contributed by atoms with Gasteiger partial charge in [-0.15, -0.1) is 0 Å². The minimum absolute atomic E-state index is 0.123. The number of hydrogen-bond donors (Lipinski definition) is 1. The first-order valence-corrected chi connectivity index (χ1v) is 6.78. The summed E-state index contributed by atoms with van der Waals surface area (Å²) >= 11 is 1.69. The van der Waals surface area contributed by atoms with Gasteiger partial charge in [-0.25, -0.2) is 13.2 Å². The molecule has 14 heavy (non-hydrogen) atoms. The van der Waals surface area contributed by atoms with Crippen LogP contribution in [0, 0.1) is 0 Å². The first-order chi connectivity index (χ1) is 6.49. The second-order valence-electron chi connectivity index (χ2n) is 2.53. The molecule has 0 radical (unpaired) electrons. The van der Waals surface area contributed by atoms with Gasteiger partial charge in [0.15, 0.2) is 9.84 Å². The maximum absolute atomic E-state index is 11.5. The highest BCUT2D eigenvalue weighted by Gasteiger charge is 2.20. The molecule has 0 saturated heterocycles. The van der Waals surface area contributed by atoms with Crippen molar-refractivity contribution in [3.63, 3.8) is 0 Å². The third kappa shape index (κ3) is 2.24. The standard InChI is InChI=1S/C8H7IO4S/c9-5-14(12,13)7-4-2-1-3-6(7)8(10)11/h1-4H,5H2,(H,10,11). The van der Waals surface area contributed by atoms with E-state index in [2.05, 4.69) is 0 Å². The van der Waals surface area contributed by atoms with E-state index in [1.807, 2.05) is 0 Å². The Hall–Kier alpha value is -0.630. The van der Waals surface area contributed by atoms with Gasteiger partial charge in [-0.1, -0.05) is 34.7 Å². The summed E-state index contributed by atoms with van der Waals surface area (Å²) in [7, 11) is -3.47. The number of carbonyl (C=O) groups is 1. The topological polar surface area (TPSA) is 71.4 Å². The zero-order valence-corrected chi connectivity index (χ0v) is 9.95. The number of hydrogen-bond acceptors (Lipinski definition) is 3. The first-order valence-electron chi connectivity index (χ1n) is 3.60. The van der Waals surface area contributed by atoms with Gasteiger partial charge in [0.1, 0.15) is 3.76 Å². The molecule has 0 spiro atoms. The second kappa shape index (κ2) is 4.26. The van der Waals surface area contributed by atoms with Crippen LogP contribution in [0.1, 0.15) is 10.4 Å². The molecule has 0 unspecified atom stereocenters. The smallest absolute Gasteiger partial charge is 0.337 e. The Bertz CT molecular complexity index is 452. The Balaban J connectivity index is 3.42. The van der Waals surface area contributed by atoms with Crippen LogP contribution in [0.15, 0.2) is 29.2 Å². The van der Waals surface area contributed by atoms with Crippen molar-refractivity contribution in [1.29, 1.82) is 0 Å². The van der Waals surface area contributed by atoms with E-state index in [9.17, 15) is 13.2 Å². The molecule has 0 heterocycles. The van der Waals surface area contributed by atoms with Crippen LogP contribution < -0.4 is 0 Å². The van der Waals surface area contributed by atoms with Gasteiger partial charge in [0.05, 0.1) is 10.5 Å². The number of aromatic carboxylic acids is 1. The van der Waals surface area contributed by atoms with E-state index in [4.69, 9.17) is 5.11 Å². The fourth-order valence-corrected chi connectivity index (χ4v) is 2.87. The minimum Gasteiger partial charge on any atom is -0.478 e. The van der Waals surface area contributed by atoms with Crippen molar-refractivity contribution in [2.75, 3.05) is 3.76 Å². The molecule has 0 aliphatic rings. The number of carboxylic acid groups (broad SMARTS) is 1. The largest absolute Gasteiger partial charge is 0.478 e. The molecular weight excluding hydrogens is 319 g/mol. The van der Waals surface area contributed by atoms with E-state index < -0.39 is 15.8 Å². The lowest BCUT2D eigenvalue weighted by Crippen LogP contribution is -2.09. The van der Waals surface area contributed by atoms with Crippen molar-refractivity contribution in [2.45, 2.75) is 4.90 Å². The van der Waals surface area contributed by atoms with Gasteiger partial charge in [-0.2, -0.15) is 0 Å². The lowest BCUT2D eigenvalue weighted by molar-refractivity contribution is 0.0692. The van der Waals surface area contributed by atoms with Crippen LogP contribution in [0.4, 0.5) is 0 Å². The lowest BCUT2D eigenvalue weighted by atomic mass is 10.2. The normalized spacial score (nSPS) is 11.2. The molecule has 0 aromatic heterocycles. The SMILES string of the molecule is O=C(O)c1ccccc1S(=O)(=O)CI. The van der Waals surface area contributed by atoms with Crippen LogP contribution in [0.2, 0.25) is 0 Å². The van der Waals surface area contributed by atoms with Crippen LogP contribution >= 0.6 is 22.6 Å². The molecule has 1 aromatic carbocycles. The van der Waals surface area contributed by atoms with E-state index in [0.717, 1.165) is 0 Å². The zero-order chi connectivity index (χ0) is 10.8. The number of carboxylic acids is 1. The summed E-state index contributed by atoms with van der Waals surface area (Å²) in [5.74, 6) is -1.23. The summed E-state index contributed by atoms with van der Waals surface area (Å²) in [5.41, 5.74) is -0.177. The number of benzene rings is 1. The number of halogens is 1. The Morgan fingerprint density at radius 1 is 1.36 bits per heavy atom. The maximum Gasteiger partial charge on any atom is 0.337 e. The van der Waals surface area contributed by atoms with Gasteiger partial charge in [0.25, 0.3) is 0 Å². The molecule has 0 amide bonds. The van der Waals surface area contributed by atoms with Crippen molar-refractivity contribution >= 4 is 38.4 Å². The quantitative estimate of drug-likeness (QED) is 0.676. The highest BCUT2D eigenvalue weighted by atomic mass is 127. The van der Waals surface area contributed by atoms with Crippen LogP contribution in [-0.4, -0.2) is 23.3 Å². The van der Waals surface area contributed by atoms with E-state index in [0.29, 0.717) is 0 Å². The van der Waals surface area contributed by atoms with E-state index >= 15 is 0 Å². The Labute approximate surface area is 95.0 Å². The van der Waals surface area contributed by atoms with Crippen molar-refractivity contribution in [2.24, 2.45) is 0 Å². The number of alkyl halides is 1. The average molecular weight is 326 g/mol. The molecule has 0 atom stereocenters. The first kappa shape index (κ1) is 11.4. The second-order valence-corrected chi connectivity index (χ2v) is 6.28. The number of rotatable bonds is 3. The van der Waals surface area contributed by atoms with Gasteiger partial charge in [0.2, 0.25) is 0 Å². The third-order valence-electron chi connectivity index (χ3n) is 1.60. The van der Waals surface area contributed by atoms with E-state index in [1.165, 1.54) is 24.3 Å². The van der Waals surface area contributed by atoms with E-state index in [-0.39, 0.29) is 14.2 Å². The third-order valence-corrected chi connectivity index (χ3v) is 5.37. The van der Waals surface area contributed by atoms with Crippen molar-refractivity contribution in [1.82, 2.24) is 0 Å². The lowest BCUT2D eigenvalue weighted by Gasteiger charge is -2.03. The minimum atomic E-state index is -3.47.